The summed E-state index contributed by atoms with van der Waals surface area (Å²) in [6, 6.07) is 18.8. The first-order chi connectivity index (χ1) is 12.5. The Kier molecular flexibility index (Phi) is 4.76. The first kappa shape index (κ1) is 17.6. The highest BCUT2D eigenvalue weighted by Gasteiger charge is 2.53. The molecule has 1 unspecified atom stereocenters. The van der Waals surface area contributed by atoms with E-state index in [1.165, 1.54) is 5.56 Å². The zero-order valence-corrected chi connectivity index (χ0v) is 16.0. The van der Waals surface area contributed by atoms with Crippen LogP contribution in [0.3, 0.4) is 0 Å². The highest BCUT2D eigenvalue weighted by molar-refractivity contribution is 6.30. The number of hydrogen-bond donors (Lipinski definition) is 0. The molecule has 136 valence electrons. The highest BCUT2D eigenvalue weighted by atomic mass is 35.5. The molecular formula is C22H25ClN2O. The van der Waals surface area contributed by atoms with Crippen molar-refractivity contribution in [2.24, 2.45) is 5.41 Å². The topological polar surface area (TPSA) is 23.6 Å². The first-order valence-corrected chi connectivity index (χ1v) is 9.71. The van der Waals surface area contributed by atoms with Crippen molar-refractivity contribution < 1.29 is 4.79 Å². The molecule has 0 saturated carbocycles. The molecule has 0 aliphatic carbocycles. The van der Waals surface area contributed by atoms with Crippen LogP contribution in [0.2, 0.25) is 5.02 Å². The van der Waals surface area contributed by atoms with Crippen LogP contribution in [-0.4, -0.2) is 47.9 Å². The van der Waals surface area contributed by atoms with Crippen molar-refractivity contribution in [2.45, 2.75) is 25.8 Å². The zero-order chi connectivity index (χ0) is 18.1. The number of amides is 1. The lowest BCUT2D eigenvalue weighted by atomic mass is 9.71. The molecule has 2 aliphatic rings. The molecule has 1 atom stereocenters. The van der Waals surface area contributed by atoms with E-state index in [0.29, 0.717) is 22.9 Å². The molecule has 3 nitrogen and oxygen atoms in total. The second-order valence-corrected chi connectivity index (χ2v) is 8.43. The standard InChI is InChI=1S/C22H25ClN2O/c1-17(11-18-5-3-2-4-6-18)24-13-22(14-24)15-25(16-22)21(26)12-19-7-9-20(23)10-8-19/h2-10,17H,11-16H2,1H3. The van der Waals surface area contributed by atoms with Gasteiger partial charge in [-0.2, -0.15) is 0 Å². The Morgan fingerprint density at radius 2 is 1.65 bits per heavy atom. The maximum atomic E-state index is 12.4. The molecular weight excluding hydrogens is 344 g/mol. The Labute approximate surface area is 160 Å². The maximum Gasteiger partial charge on any atom is 0.227 e. The van der Waals surface area contributed by atoms with Gasteiger partial charge in [0.2, 0.25) is 5.91 Å². The Hall–Kier alpha value is -1.84. The van der Waals surface area contributed by atoms with Crippen molar-refractivity contribution >= 4 is 17.5 Å². The van der Waals surface area contributed by atoms with Gasteiger partial charge in [-0.1, -0.05) is 54.1 Å². The Balaban J connectivity index is 1.23. The monoisotopic (exact) mass is 368 g/mol. The zero-order valence-electron chi connectivity index (χ0n) is 15.2. The number of hydrogen-bond acceptors (Lipinski definition) is 2. The quantitative estimate of drug-likeness (QED) is 0.804. The lowest BCUT2D eigenvalue weighted by Gasteiger charge is -2.61. The summed E-state index contributed by atoms with van der Waals surface area (Å²) < 4.78 is 0. The van der Waals surface area contributed by atoms with Crippen LogP contribution in [0.15, 0.2) is 54.6 Å². The van der Waals surface area contributed by atoms with E-state index in [2.05, 4.69) is 42.2 Å². The average molecular weight is 369 g/mol. The Bertz CT molecular complexity index is 760. The van der Waals surface area contributed by atoms with Gasteiger partial charge in [0.25, 0.3) is 0 Å². The number of benzene rings is 2. The molecule has 1 amide bonds. The van der Waals surface area contributed by atoms with Crippen molar-refractivity contribution in [3.63, 3.8) is 0 Å². The van der Waals surface area contributed by atoms with Crippen molar-refractivity contribution in [3.8, 4) is 0 Å². The summed E-state index contributed by atoms with van der Waals surface area (Å²) in [7, 11) is 0. The second-order valence-electron chi connectivity index (χ2n) is 8.00. The number of nitrogens with zero attached hydrogens (tertiary/aromatic N) is 2. The van der Waals surface area contributed by atoms with Crippen LogP contribution in [0.5, 0.6) is 0 Å². The van der Waals surface area contributed by atoms with Gasteiger partial charge in [0.15, 0.2) is 0 Å². The van der Waals surface area contributed by atoms with E-state index in [0.717, 1.165) is 38.2 Å². The minimum atomic E-state index is 0.230. The summed E-state index contributed by atoms with van der Waals surface area (Å²) in [5.41, 5.74) is 2.78. The molecule has 0 N–H and O–H groups in total. The van der Waals surface area contributed by atoms with Gasteiger partial charge in [0.05, 0.1) is 6.42 Å². The molecule has 1 spiro atoms. The molecule has 2 aliphatic heterocycles. The molecule has 2 aromatic carbocycles. The van der Waals surface area contributed by atoms with Gasteiger partial charge in [-0.15, -0.1) is 0 Å². The van der Waals surface area contributed by atoms with Crippen LogP contribution in [0, 0.1) is 5.41 Å². The second kappa shape index (κ2) is 7.05. The van der Waals surface area contributed by atoms with Gasteiger partial charge in [0, 0.05) is 42.7 Å². The third-order valence-electron chi connectivity index (χ3n) is 5.75. The van der Waals surface area contributed by atoms with Crippen LogP contribution in [0.25, 0.3) is 0 Å². The van der Waals surface area contributed by atoms with E-state index in [-0.39, 0.29) is 5.91 Å². The van der Waals surface area contributed by atoms with Crippen LogP contribution >= 0.6 is 11.6 Å². The van der Waals surface area contributed by atoms with E-state index < -0.39 is 0 Å². The highest BCUT2D eigenvalue weighted by Crippen LogP contribution is 2.41. The molecule has 2 heterocycles. The molecule has 0 aromatic heterocycles. The molecule has 26 heavy (non-hydrogen) atoms. The minimum absolute atomic E-state index is 0.230. The number of rotatable bonds is 5. The number of likely N-dealkylation sites (tertiary alicyclic amines) is 2. The summed E-state index contributed by atoms with van der Waals surface area (Å²) in [6.45, 7) is 6.36. The van der Waals surface area contributed by atoms with Crippen LogP contribution in [-0.2, 0) is 17.6 Å². The summed E-state index contributed by atoms with van der Waals surface area (Å²) >= 11 is 5.90. The third-order valence-corrected chi connectivity index (χ3v) is 6.00. The number of halogens is 1. The van der Waals surface area contributed by atoms with Crippen LogP contribution in [0.1, 0.15) is 18.1 Å². The van der Waals surface area contributed by atoms with E-state index in [4.69, 9.17) is 11.6 Å². The molecule has 2 saturated heterocycles. The molecule has 0 bridgehead atoms. The predicted octanol–water partition coefficient (Wildman–Crippen LogP) is 3.66. The van der Waals surface area contributed by atoms with Crippen molar-refractivity contribution in [3.05, 3.63) is 70.7 Å². The summed E-state index contributed by atoms with van der Waals surface area (Å²) in [5.74, 6) is 0.230. The smallest absolute Gasteiger partial charge is 0.227 e. The molecule has 2 fully saturated rings. The summed E-state index contributed by atoms with van der Waals surface area (Å²) in [5, 5.41) is 0.711. The fraction of sp³-hybridized carbons (Fsp3) is 0.409. The van der Waals surface area contributed by atoms with Gasteiger partial charge in [-0.05, 0) is 36.6 Å². The lowest BCUT2D eigenvalue weighted by molar-refractivity contribution is -0.161. The third kappa shape index (κ3) is 3.65. The average Bonchev–Trinajstić information content (AvgIpc) is 2.55. The Morgan fingerprint density at radius 1 is 1.00 bits per heavy atom. The van der Waals surface area contributed by atoms with E-state index in [9.17, 15) is 4.79 Å². The lowest BCUT2D eigenvalue weighted by Crippen LogP contribution is -2.74. The van der Waals surface area contributed by atoms with E-state index in [1.54, 1.807) is 0 Å². The molecule has 4 rings (SSSR count). The van der Waals surface area contributed by atoms with Crippen LogP contribution in [0.4, 0.5) is 0 Å². The van der Waals surface area contributed by atoms with Gasteiger partial charge in [-0.25, -0.2) is 0 Å². The van der Waals surface area contributed by atoms with Gasteiger partial charge < -0.3 is 4.90 Å². The molecule has 4 heteroatoms. The van der Waals surface area contributed by atoms with Gasteiger partial charge in [-0.3, -0.25) is 9.69 Å². The molecule has 0 radical (unpaired) electrons. The fourth-order valence-electron chi connectivity index (χ4n) is 4.24. The van der Waals surface area contributed by atoms with Gasteiger partial charge >= 0.3 is 0 Å². The van der Waals surface area contributed by atoms with Crippen molar-refractivity contribution in [1.29, 1.82) is 0 Å². The van der Waals surface area contributed by atoms with E-state index in [1.807, 2.05) is 29.2 Å². The van der Waals surface area contributed by atoms with Crippen molar-refractivity contribution in [2.75, 3.05) is 26.2 Å². The maximum absolute atomic E-state index is 12.4. The summed E-state index contributed by atoms with van der Waals surface area (Å²) in [6.07, 6.45) is 1.57. The number of carbonyl (C=O) groups is 1. The Morgan fingerprint density at radius 3 is 2.31 bits per heavy atom. The first-order valence-electron chi connectivity index (χ1n) is 9.33. The normalized spacial score (nSPS) is 19.7. The SMILES string of the molecule is CC(Cc1ccccc1)N1CC2(CN(C(=O)Cc3ccc(Cl)cc3)C2)C1. The summed E-state index contributed by atoms with van der Waals surface area (Å²) in [4.78, 5) is 17.0. The largest absolute Gasteiger partial charge is 0.341 e. The predicted molar refractivity (Wildman–Crippen MR) is 105 cm³/mol. The van der Waals surface area contributed by atoms with E-state index >= 15 is 0 Å². The van der Waals surface area contributed by atoms with Gasteiger partial charge in [0.1, 0.15) is 0 Å². The molecule has 2 aromatic rings. The van der Waals surface area contributed by atoms with Crippen LogP contribution < -0.4 is 0 Å². The fourth-order valence-corrected chi connectivity index (χ4v) is 4.37. The minimum Gasteiger partial charge on any atom is -0.341 e. The number of carbonyl (C=O) groups excluding carboxylic acids is 1. The van der Waals surface area contributed by atoms with Crippen molar-refractivity contribution in [1.82, 2.24) is 9.80 Å².